The van der Waals surface area contributed by atoms with E-state index in [1.165, 1.54) is 27.8 Å². The number of allylic oxidation sites excluding steroid dienone is 6. The van der Waals surface area contributed by atoms with E-state index in [0.717, 1.165) is 32.4 Å². The van der Waals surface area contributed by atoms with Gasteiger partial charge in [-0.1, -0.05) is 91.4 Å². The largest absolute Gasteiger partial charge is 0.327 e. The minimum Gasteiger partial charge on any atom is -0.327 e. The highest BCUT2D eigenvalue weighted by molar-refractivity contribution is 5.77. The maximum Gasteiger partial charge on any atom is 0.0379 e. The van der Waals surface area contributed by atoms with E-state index in [4.69, 9.17) is 11.6 Å². The van der Waals surface area contributed by atoms with Crippen molar-refractivity contribution in [2.75, 3.05) is 6.54 Å². The molecule has 3 nitrogen and oxygen atoms in total. The number of nitrogens with zero attached hydrogens (tertiary/aromatic N) is 1. The van der Waals surface area contributed by atoms with Crippen LogP contribution in [0.5, 0.6) is 0 Å². The quantitative estimate of drug-likeness (QED) is 0.469. The third-order valence-corrected chi connectivity index (χ3v) is 5.87. The van der Waals surface area contributed by atoms with Crippen molar-refractivity contribution in [1.29, 1.82) is 0 Å². The molecule has 2 unspecified atom stereocenters. The molecule has 1 aliphatic carbocycles. The van der Waals surface area contributed by atoms with Crippen molar-refractivity contribution >= 4 is 5.57 Å². The van der Waals surface area contributed by atoms with E-state index in [-0.39, 0.29) is 6.04 Å². The number of hydrogen-bond donors (Lipinski definition) is 2. The van der Waals surface area contributed by atoms with Crippen molar-refractivity contribution in [2.24, 2.45) is 17.5 Å². The summed E-state index contributed by atoms with van der Waals surface area (Å²) >= 11 is 0. The van der Waals surface area contributed by atoms with Crippen LogP contribution in [-0.2, 0) is 13.0 Å². The second kappa shape index (κ2) is 11.1. The zero-order valence-corrected chi connectivity index (χ0v) is 18.3. The van der Waals surface area contributed by atoms with Crippen LogP contribution >= 0.6 is 0 Å². The maximum absolute atomic E-state index is 6.43. The summed E-state index contributed by atoms with van der Waals surface area (Å²) in [6.07, 6.45) is 11.8. The summed E-state index contributed by atoms with van der Waals surface area (Å²) in [6.45, 7) is 5.91. The van der Waals surface area contributed by atoms with Gasteiger partial charge in [0.15, 0.2) is 0 Å². The molecule has 0 amide bonds. The third-order valence-electron chi connectivity index (χ3n) is 5.87. The molecule has 3 rings (SSSR count). The smallest absolute Gasteiger partial charge is 0.0379 e. The molecule has 2 aromatic rings. The Hall–Kier alpha value is -2.46. The zero-order chi connectivity index (χ0) is 21.3. The molecule has 0 heterocycles. The van der Waals surface area contributed by atoms with Crippen LogP contribution in [0, 0.1) is 5.92 Å². The molecule has 2 aromatic carbocycles. The fourth-order valence-corrected chi connectivity index (χ4v) is 3.93. The van der Waals surface area contributed by atoms with Gasteiger partial charge in [0.1, 0.15) is 0 Å². The molecule has 2 atom stereocenters. The lowest BCUT2D eigenvalue weighted by Gasteiger charge is -2.25. The average molecular weight is 402 g/mol. The number of hydrogen-bond acceptors (Lipinski definition) is 3. The monoisotopic (exact) mass is 401 g/mol. The van der Waals surface area contributed by atoms with Gasteiger partial charge in [-0.15, -0.1) is 0 Å². The number of hydrazine groups is 1. The minimum atomic E-state index is 0.0934. The average Bonchev–Trinajstić information content (AvgIpc) is 2.72. The SMILES string of the molecule is CC1=C(c2ccc(CN(N)CC(C)C(N)Cc3ccccc3)cc2)C=CC=CCC1. The first-order valence-electron chi connectivity index (χ1n) is 10.9. The van der Waals surface area contributed by atoms with E-state index < -0.39 is 0 Å². The molecule has 0 spiro atoms. The van der Waals surface area contributed by atoms with Gasteiger partial charge in [-0.05, 0) is 54.4 Å². The number of rotatable bonds is 8. The van der Waals surface area contributed by atoms with E-state index in [1.807, 2.05) is 11.1 Å². The van der Waals surface area contributed by atoms with Crippen molar-refractivity contribution in [3.63, 3.8) is 0 Å². The first kappa shape index (κ1) is 22.2. The van der Waals surface area contributed by atoms with Crippen molar-refractivity contribution < 1.29 is 0 Å². The van der Waals surface area contributed by atoms with Gasteiger partial charge < -0.3 is 5.73 Å². The molecule has 3 heteroatoms. The Balaban J connectivity index is 1.55. The van der Waals surface area contributed by atoms with E-state index in [0.29, 0.717) is 5.92 Å². The van der Waals surface area contributed by atoms with Gasteiger partial charge in [-0.25, -0.2) is 5.01 Å². The van der Waals surface area contributed by atoms with Gasteiger partial charge in [0, 0.05) is 19.1 Å². The molecule has 0 aliphatic heterocycles. The van der Waals surface area contributed by atoms with Crippen LogP contribution in [0.1, 0.15) is 43.4 Å². The van der Waals surface area contributed by atoms with Gasteiger partial charge in [-0.3, -0.25) is 5.84 Å². The molecule has 0 aromatic heterocycles. The Morgan fingerprint density at radius 1 is 0.967 bits per heavy atom. The van der Waals surface area contributed by atoms with E-state index in [9.17, 15) is 0 Å². The van der Waals surface area contributed by atoms with E-state index in [1.54, 1.807) is 0 Å². The van der Waals surface area contributed by atoms with Crippen LogP contribution in [0.15, 0.2) is 84.5 Å². The molecule has 158 valence electrons. The van der Waals surface area contributed by atoms with Crippen molar-refractivity contribution in [3.05, 3.63) is 101 Å². The van der Waals surface area contributed by atoms with Gasteiger partial charge in [0.25, 0.3) is 0 Å². The Labute approximate surface area is 181 Å². The maximum atomic E-state index is 6.43. The number of benzene rings is 2. The van der Waals surface area contributed by atoms with Gasteiger partial charge in [0.2, 0.25) is 0 Å². The predicted molar refractivity (Wildman–Crippen MR) is 128 cm³/mol. The molecule has 0 radical (unpaired) electrons. The number of nitrogens with two attached hydrogens (primary N) is 2. The van der Waals surface area contributed by atoms with Crippen LogP contribution in [0.4, 0.5) is 0 Å². The fourth-order valence-electron chi connectivity index (χ4n) is 3.93. The molecule has 0 saturated heterocycles. The Morgan fingerprint density at radius 3 is 2.43 bits per heavy atom. The topological polar surface area (TPSA) is 55.3 Å². The lowest BCUT2D eigenvalue weighted by Crippen LogP contribution is -2.41. The summed E-state index contributed by atoms with van der Waals surface area (Å²) in [5.74, 6) is 6.64. The summed E-state index contributed by atoms with van der Waals surface area (Å²) in [5.41, 5.74) is 13.0. The van der Waals surface area contributed by atoms with Crippen LogP contribution in [0.25, 0.3) is 5.57 Å². The standard InChI is InChI=1S/C27H35N3/c1-21-10-6-3-4-9-13-26(21)25-16-14-24(15-17-25)20-30(29)19-22(2)27(28)18-23-11-7-5-8-12-23/h3-5,7-9,11-17,22,27H,6,10,18-20,28-29H2,1-2H3. The van der Waals surface area contributed by atoms with Gasteiger partial charge in [-0.2, -0.15) is 0 Å². The van der Waals surface area contributed by atoms with Crippen molar-refractivity contribution in [1.82, 2.24) is 5.01 Å². The molecule has 0 fully saturated rings. The third kappa shape index (κ3) is 6.53. The van der Waals surface area contributed by atoms with Gasteiger partial charge >= 0.3 is 0 Å². The molecular formula is C27H35N3. The normalized spacial score (nSPS) is 16.4. The summed E-state index contributed by atoms with van der Waals surface area (Å²) in [5, 5.41) is 1.88. The minimum absolute atomic E-state index is 0.0934. The molecule has 1 aliphatic rings. The first-order chi connectivity index (χ1) is 14.5. The first-order valence-corrected chi connectivity index (χ1v) is 10.9. The van der Waals surface area contributed by atoms with Crippen molar-refractivity contribution in [3.8, 4) is 0 Å². The molecule has 30 heavy (non-hydrogen) atoms. The van der Waals surface area contributed by atoms with Crippen LogP contribution in [-0.4, -0.2) is 17.6 Å². The molecule has 4 N–H and O–H groups in total. The highest BCUT2D eigenvalue weighted by Crippen LogP contribution is 2.25. The van der Waals surface area contributed by atoms with Crippen LogP contribution in [0.3, 0.4) is 0 Å². The second-order valence-electron chi connectivity index (χ2n) is 8.48. The summed E-state index contributed by atoms with van der Waals surface area (Å²) in [7, 11) is 0. The van der Waals surface area contributed by atoms with Gasteiger partial charge in [0.05, 0.1) is 0 Å². The molecule has 0 bridgehead atoms. The predicted octanol–water partition coefficient (Wildman–Crippen LogP) is 5.25. The summed E-state index contributed by atoms with van der Waals surface area (Å²) < 4.78 is 0. The molecular weight excluding hydrogens is 366 g/mol. The summed E-state index contributed by atoms with van der Waals surface area (Å²) in [6, 6.07) is 19.3. The highest BCUT2D eigenvalue weighted by atomic mass is 15.4. The molecule has 0 saturated carbocycles. The highest BCUT2D eigenvalue weighted by Gasteiger charge is 2.16. The second-order valence-corrected chi connectivity index (χ2v) is 8.48. The fraction of sp³-hybridized carbons (Fsp3) is 0.333. The zero-order valence-electron chi connectivity index (χ0n) is 18.3. The van der Waals surface area contributed by atoms with Crippen molar-refractivity contribution in [2.45, 2.75) is 45.7 Å². The van der Waals surface area contributed by atoms with E-state index >= 15 is 0 Å². The van der Waals surface area contributed by atoms with Crippen LogP contribution < -0.4 is 11.6 Å². The Bertz CT molecular complexity index is 878. The lowest BCUT2D eigenvalue weighted by atomic mass is 9.95. The van der Waals surface area contributed by atoms with Crippen LogP contribution in [0.2, 0.25) is 0 Å². The van der Waals surface area contributed by atoms with E-state index in [2.05, 4.69) is 86.7 Å². The lowest BCUT2D eigenvalue weighted by molar-refractivity contribution is 0.218. The summed E-state index contributed by atoms with van der Waals surface area (Å²) in [4.78, 5) is 0. The Kier molecular flexibility index (Phi) is 8.21. The Morgan fingerprint density at radius 2 is 1.70 bits per heavy atom.